The van der Waals surface area contributed by atoms with E-state index >= 15 is 0 Å². The summed E-state index contributed by atoms with van der Waals surface area (Å²) < 4.78 is 42.9. The number of aromatic nitrogens is 1. The van der Waals surface area contributed by atoms with Crippen LogP contribution >= 0.6 is 11.8 Å². The first-order valence-electron chi connectivity index (χ1n) is 7.97. The molecular formula is C18H19F3N2O2S. The van der Waals surface area contributed by atoms with Crippen molar-refractivity contribution in [3.63, 3.8) is 0 Å². The van der Waals surface area contributed by atoms with Crippen molar-refractivity contribution in [2.24, 2.45) is 0 Å². The molecule has 0 fully saturated rings. The molecule has 1 heterocycles. The molecule has 0 aliphatic heterocycles. The van der Waals surface area contributed by atoms with Gasteiger partial charge in [-0.2, -0.15) is 13.2 Å². The zero-order valence-corrected chi connectivity index (χ0v) is 15.2. The average Bonchev–Trinajstić information content (AvgIpc) is 2.60. The first-order valence-corrected chi connectivity index (χ1v) is 8.96. The molecule has 0 saturated heterocycles. The van der Waals surface area contributed by atoms with Crippen LogP contribution in [0.25, 0.3) is 0 Å². The average molecular weight is 384 g/mol. The summed E-state index contributed by atoms with van der Waals surface area (Å²) in [6.07, 6.45) is -3.65. The fraction of sp³-hybridized carbons (Fsp3) is 0.333. The molecule has 0 aliphatic carbocycles. The summed E-state index contributed by atoms with van der Waals surface area (Å²) in [5.41, 5.74) is 0.0936. The Morgan fingerprint density at radius 2 is 2.08 bits per heavy atom. The van der Waals surface area contributed by atoms with Crippen LogP contribution in [0.3, 0.4) is 0 Å². The number of thioether (sulfide) groups is 1. The van der Waals surface area contributed by atoms with Crippen molar-refractivity contribution in [3.05, 3.63) is 53.7 Å². The number of hydrogen-bond acceptors (Lipinski definition) is 4. The SMILES string of the molecule is CCOc1cccc(C(C)NC(=O)CSc2ccc(C(F)(F)F)cn2)c1. The molecule has 0 radical (unpaired) electrons. The molecule has 26 heavy (non-hydrogen) atoms. The summed E-state index contributed by atoms with van der Waals surface area (Å²) in [4.78, 5) is 15.8. The minimum atomic E-state index is -4.42. The van der Waals surface area contributed by atoms with Gasteiger partial charge in [0.15, 0.2) is 0 Å². The summed E-state index contributed by atoms with van der Waals surface area (Å²) in [6.45, 7) is 4.30. The Hall–Kier alpha value is -2.22. The van der Waals surface area contributed by atoms with Gasteiger partial charge in [0.25, 0.3) is 0 Å². The van der Waals surface area contributed by atoms with Crippen molar-refractivity contribution < 1.29 is 22.7 Å². The second-order valence-electron chi connectivity index (χ2n) is 5.47. The van der Waals surface area contributed by atoms with Gasteiger partial charge in [-0.1, -0.05) is 23.9 Å². The molecule has 0 bridgehead atoms. The third kappa shape index (κ3) is 5.94. The summed E-state index contributed by atoms with van der Waals surface area (Å²) in [7, 11) is 0. The van der Waals surface area contributed by atoms with E-state index in [2.05, 4.69) is 10.3 Å². The van der Waals surface area contributed by atoms with Gasteiger partial charge in [-0.15, -0.1) is 0 Å². The number of amides is 1. The molecular weight excluding hydrogens is 365 g/mol. The molecule has 4 nitrogen and oxygen atoms in total. The molecule has 2 aromatic rings. The molecule has 0 aliphatic rings. The lowest BCUT2D eigenvalue weighted by atomic mass is 10.1. The van der Waals surface area contributed by atoms with E-state index in [1.807, 2.05) is 38.1 Å². The first kappa shape index (κ1) is 20.1. The molecule has 0 saturated carbocycles. The smallest absolute Gasteiger partial charge is 0.417 e. The van der Waals surface area contributed by atoms with Gasteiger partial charge in [-0.25, -0.2) is 4.98 Å². The number of ether oxygens (including phenoxy) is 1. The fourth-order valence-electron chi connectivity index (χ4n) is 2.18. The number of nitrogens with one attached hydrogen (secondary N) is 1. The molecule has 1 aromatic heterocycles. The number of halogens is 3. The maximum Gasteiger partial charge on any atom is 0.417 e. The lowest BCUT2D eigenvalue weighted by molar-refractivity contribution is -0.137. The molecule has 140 valence electrons. The minimum Gasteiger partial charge on any atom is -0.494 e. The first-order chi connectivity index (χ1) is 12.3. The highest BCUT2D eigenvalue weighted by Crippen LogP contribution is 2.29. The largest absolute Gasteiger partial charge is 0.494 e. The van der Waals surface area contributed by atoms with Gasteiger partial charge in [0.05, 0.1) is 29.0 Å². The highest BCUT2D eigenvalue weighted by Gasteiger charge is 2.30. The third-order valence-electron chi connectivity index (χ3n) is 3.46. The van der Waals surface area contributed by atoms with E-state index in [4.69, 9.17) is 4.74 Å². The Kier molecular flexibility index (Phi) is 6.90. The predicted molar refractivity (Wildman–Crippen MR) is 94.1 cm³/mol. The number of pyridine rings is 1. The van der Waals surface area contributed by atoms with E-state index in [0.29, 0.717) is 11.6 Å². The van der Waals surface area contributed by atoms with Crippen molar-refractivity contribution >= 4 is 17.7 Å². The van der Waals surface area contributed by atoms with E-state index in [1.54, 1.807) is 0 Å². The van der Waals surface area contributed by atoms with Crippen molar-refractivity contribution in [1.82, 2.24) is 10.3 Å². The minimum absolute atomic E-state index is 0.0633. The molecule has 1 atom stereocenters. The Morgan fingerprint density at radius 1 is 1.31 bits per heavy atom. The van der Waals surface area contributed by atoms with Gasteiger partial charge >= 0.3 is 6.18 Å². The molecule has 8 heteroatoms. The molecule has 1 N–H and O–H groups in total. The summed E-state index contributed by atoms with van der Waals surface area (Å²) >= 11 is 1.08. The van der Waals surface area contributed by atoms with Crippen LogP contribution in [0.1, 0.15) is 31.0 Å². The van der Waals surface area contributed by atoms with Crippen LogP contribution in [0, 0.1) is 0 Å². The number of carbonyl (C=O) groups excluding carboxylic acids is 1. The fourth-order valence-corrected chi connectivity index (χ4v) is 2.83. The predicted octanol–water partition coefficient (Wildman–Crippen LogP) is 4.47. The van der Waals surface area contributed by atoms with Crippen molar-refractivity contribution in [1.29, 1.82) is 0 Å². The van der Waals surface area contributed by atoms with Crippen LogP contribution in [0.2, 0.25) is 0 Å². The Labute approximate surface area is 154 Å². The van der Waals surface area contributed by atoms with Gasteiger partial charge < -0.3 is 10.1 Å². The van der Waals surface area contributed by atoms with E-state index in [0.717, 1.165) is 35.3 Å². The number of rotatable bonds is 7. The topological polar surface area (TPSA) is 51.2 Å². The normalized spacial score (nSPS) is 12.5. The monoisotopic (exact) mass is 384 g/mol. The van der Waals surface area contributed by atoms with Gasteiger partial charge in [0, 0.05) is 6.20 Å². The van der Waals surface area contributed by atoms with Gasteiger partial charge in [0.2, 0.25) is 5.91 Å². The van der Waals surface area contributed by atoms with Gasteiger partial charge in [-0.3, -0.25) is 4.79 Å². The van der Waals surface area contributed by atoms with Crippen LogP contribution in [0.4, 0.5) is 13.2 Å². The van der Waals surface area contributed by atoms with Crippen LogP contribution in [0.15, 0.2) is 47.6 Å². The van der Waals surface area contributed by atoms with Crippen LogP contribution in [-0.2, 0) is 11.0 Å². The quantitative estimate of drug-likeness (QED) is 0.716. The Bertz CT molecular complexity index is 736. The number of nitrogens with zero attached hydrogens (tertiary/aromatic N) is 1. The number of benzene rings is 1. The van der Waals surface area contributed by atoms with E-state index in [9.17, 15) is 18.0 Å². The van der Waals surface area contributed by atoms with Gasteiger partial charge in [-0.05, 0) is 43.7 Å². The summed E-state index contributed by atoms with van der Waals surface area (Å²) in [6, 6.07) is 9.43. The molecule has 0 spiro atoms. The maximum atomic E-state index is 12.5. The zero-order chi connectivity index (χ0) is 19.2. The standard InChI is InChI=1S/C18H19F3N2O2S/c1-3-25-15-6-4-5-13(9-15)12(2)23-16(24)11-26-17-8-7-14(10-22-17)18(19,20)21/h4-10,12H,3,11H2,1-2H3,(H,23,24). The van der Waals surface area contributed by atoms with Crippen molar-refractivity contribution in [2.75, 3.05) is 12.4 Å². The third-order valence-corrected chi connectivity index (χ3v) is 4.41. The molecule has 2 rings (SSSR count). The van der Waals surface area contributed by atoms with Crippen molar-refractivity contribution in [3.8, 4) is 5.75 Å². The molecule has 1 unspecified atom stereocenters. The lowest BCUT2D eigenvalue weighted by Crippen LogP contribution is -2.28. The van der Waals surface area contributed by atoms with Crippen LogP contribution in [-0.4, -0.2) is 23.3 Å². The summed E-state index contributed by atoms with van der Waals surface area (Å²) in [5, 5.41) is 3.21. The lowest BCUT2D eigenvalue weighted by Gasteiger charge is -2.15. The van der Waals surface area contributed by atoms with E-state index < -0.39 is 11.7 Å². The highest BCUT2D eigenvalue weighted by molar-refractivity contribution is 7.99. The molecule has 1 aromatic carbocycles. The van der Waals surface area contributed by atoms with E-state index in [1.165, 1.54) is 6.07 Å². The zero-order valence-electron chi connectivity index (χ0n) is 14.3. The summed E-state index contributed by atoms with van der Waals surface area (Å²) in [5.74, 6) is 0.564. The van der Waals surface area contributed by atoms with Crippen LogP contribution < -0.4 is 10.1 Å². The highest BCUT2D eigenvalue weighted by atomic mass is 32.2. The van der Waals surface area contributed by atoms with Gasteiger partial charge in [0.1, 0.15) is 5.75 Å². The van der Waals surface area contributed by atoms with Crippen molar-refractivity contribution in [2.45, 2.75) is 31.1 Å². The second-order valence-corrected chi connectivity index (χ2v) is 6.46. The Balaban J connectivity index is 1.87. The number of hydrogen-bond donors (Lipinski definition) is 1. The maximum absolute atomic E-state index is 12.5. The molecule has 1 amide bonds. The van der Waals surface area contributed by atoms with E-state index in [-0.39, 0.29) is 17.7 Å². The van der Waals surface area contributed by atoms with Crippen LogP contribution in [0.5, 0.6) is 5.75 Å². The number of carbonyl (C=O) groups is 1. The second kappa shape index (κ2) is 8.93. The Morgan fingerprint density at radius 3 is 2.69 bits per heavy atom. The number of alkyl halides is 3.